The molecule has 0 unspecified atom stereocenters. The Balaban J connectivity index is 1.86. The number of fused-ring (bicyclic) bond motifs is 1. The molecule has 1 aliphatic heterocycles. The topological polar surface area (TPSA) is 75.7 Å². The third kappa shape index (κ3) is 3.44. The quantitative estimate of drug-likeness (QED) is 0.884. The lowest BCUT2D eigenvalue weighted by molar-refractivity contribution is 0.0989. The molecular weight excluding hydrogens is 340 g/mol. The smallest absolute Gasteiger partial charge is 0.258 e. The highest BCUT2D eigenvalue weighted by Gasteiger charge is 2.27. The molecule has 25 heavy (non-hydrogen) atoms. The molecule has 0 atom stereocenters. The van der Waals surface area contributed by atoms with Gasteiger partial charge in [-0.15, -0.1) is 0 Å². The minimum Gasteiger partial charge on any atom is -0.380 e. The number of rotatable bonds is 5. The van der Waals surface area contributed by atoms with E-state index >= 15 is 0 Å². The molecule has 132 valence electrons. The lowest BCUT2D eigenvalue weighted by atomic mass is 10.1. The van der Waals surface area contributed by atoms with Gasteiger partial charge in [-0.2, -0.15) is 0 Å². The summed E-state index contributed by atoms with van der Waals surface area (Å²) in [6.45, 7) is 1.04. The molecule has 3 rings (SSSR count). The van der Waals surface area contributed by atoms with Gasteiger partial charge < -0.3 is 9.64 Å². The van der Waals surface area contributed by atoms with Crippen molar-refractivity contribution in [1.29, 1.82) is 0 Å². The minimum absolute atomic E-state index is 0.0908. The van der Waals surface area contributed by atoms with Gasteiger partial charge in [-0.05, 0) is 54.9 Å². The van der Waals surface area contributed by atoms with Gasteiger partial charge in [0.1, 0.15) is 0 Å². The molecule has 0 spiro atoms. The Kier molecular flexibility index (Phi) is 4.89. The molecule has 0 saturated carbocycles. The van der Waals surface area contributed by atoms with Crippen molar-refractivity contribution in [1.82, 2.24) is 4.72 Å². The number of hydrogen-bond donors (Lipinski definition) is 1. The van der Waals surface area contributed by atoms with Crippen LogP contribution in [0.5, 0.6) is 0 Å². The number of sulfonamides is 1. The molecule has 1 N–H and O–H groups in total. The Labute approximate surface area is 147 Å². The normalized spacial score (nSPS) is 13.8. The Morgan fingerprint density at radius 2 is 1.92 bits per heavy atom. The van der Waals surface area contributed by atoms with Crippen molar-refractivity contribution in [3.05, 3.63) is 59.2 Å². The second-order valence-corrected chi connectivity index (χ2v) is 7.72. The Bertz CT molecular complexity index is 892. The van der Waals surface area contributed by atoms with Gasteiger partial charge in [0.15, 0.2) is 0 Å². The molecule has 6 nitrogen and oxygen atoms in total. The van der Waals surface area contributed by atoms with Crippen LogP contribution in [0.3, 0.4) is 0 Å². The van der Waals surface area contributed by atoms with E-state index in [-0.39, 0.29) is 10.8 Å². The van der Waals surface area contributed by atoms with Crippen molar-refractivity contribution in [3.63, 3.8) is 0 Å². The Morgan fingerprint density at radius 3 is 2.56 bits per heavy atom. The summed E-state index contributed by atoms with van der Waals surface area (Å²) < 4.78 is 31.2. The van der Waals surface area contributed by atoms with Gasteiger partial charge in [0, 0.05) is 24.9 Å². The van der Waals surface area contributed by atoms with E-state index in [1.165, 1.54) is 13.1 Å². The zero-order valence-corrected chi connectivity index (χ0v) is 15.0. The van der Waals surface area contributed by atoms with E-state index in [1.54, 1.807) is 36.3 Å². The standard InChI is InChI=1S/C18H20N2O4S/c1-19-25(22,23)16-7-8-17-15(11-16)9-10-20(17)18(21)14-5-3-13(4-6-14)12-24-2/h3-8,11,19H,9-10,12H2,1-2H3. The second kappa shape index (κ2) is 6.95. The molecule has 2 aromatic rings. The highest BCUT2D eigenvalue weighted by molar-refractivity contribution is 7.89. The predicted molar refractivity (Wildman–Crippen MR) is 95.2 cm³/mol. The number of amides is 1. The monoisotopic (exact) mass is 360 g/mol. The number of ether oxygens (including phenoxy) is 1. The fourth-order valence-corrected chi connectivity index (χ4v) is 3.72. The van der Waals surface area contributed by atoms with Crippen LogP contribution in [0.25, 0.3) is 0 Å². The fourth-order valence-electron chi connectivity index (χ4n) is 2.94. The lowest BCUT2D eigenvalue weighted by Gasteiger charge is -2.18. The van der Waals surface area contributed by atoms with Crippen molar-refractivity contribution in [2.75, 3.05) is 25.6 Å². The number of anilines is 1. The zero-order chi connectivity index (χ0) is 18.0. The van der Waals surface area contributed by atoms with Crippen LogP contribution in [0.15, 0.2) is 47.4 Å². The average molecular weight is 360 g/mol. The molecule has 1 amide bonds. The average Bonchev–Trinajstić information content (AvgIpc) is 3.05. The van der Waals surface area contributed by atoms with Crippen LogP contribution in [0.1, 0.15) is 21.5 Å². The summed E-state index contributed by atoms with van der Waals surface area (Å²) in [5.41, 5.74) is 3.23. The minimum atomic E-state index is -3.49. The maximum atomic E-state index is 12.8. The van der Waals surface area contributed by atoms with E-state index in [4.69, 9.17) is 4.74 Å². The first-order chi connectivity index (χ1) is 12.0. The van der Waals surface area contributed by atoms with Crippen LogP contribution in [0, 0.1) is 0 Å². The van der Waals surface area contributed by atoms with Crippen LogP contribution >= 0.6 is 0 Å². The summed E-state index contributed by atoms with van der Waals surface area (Å²) in [4.78, 5) is 14.7. The lowest BCUT2D eigenvalue weighted by Crippen LogP contribution is -2.28. The van der Waals surface area contributed by atoms with Gasteiger partial charge in [-0.25, -0.2) is 13.1 Å². The number of nitrogens with one attached hydrogen (secondary N) is 1. The first kappa shape index (κ1) is 17.6. The van der Waals surface area contributed by atoms with E-state index < -0.39 is 10.0 Å². The highest BCUT2D eigenvalue weighted by Crippen LogP contribution is 2.31. The van der Waals surface area contributed by atoms with E-state index in [9.17, 15) is 13.2 Å². The summed E-state index contributed by atoms with van der Waals surface area (Å²) in [5.74, 6) is -0.0908. The Hall–Kier alpha value is -2.22. The van der Waals surface area contributed by atoms with Crippen LogP contribution < -0.4 is 9.62 Å². The van der Waals surface area contributed by atoms with Gasteiger partial charge in [-0.1, -0.05) is 12.1 Å². The van der Waals surface area contributed by atoms with E-state index in [0.717, 1.165) is 16.8 Å². The summed E-state index contributed by atoms with van der Waals surface area (Å²) in [6.07, 6.45) is 0.635. The van der Waals surface area contributed by atoms with E-state index in [0.29, 0.717) is 25.1 Å². The van der Waals surface area contributed by atoms with Crippen LogP contribution in [0.2, 0.25) is 0 Å². The molecule has 1 aliphatic rings. The molecular formula is C18H20N2O4S. The van der Waals surface area contributed by atoms with Crippen molar-refractivity contribution in [2.45, 2.75) is 17.9 Å². The molecule has 1 heterocycles. The van der Waals surface area contributed by atoms with Crippen LogP contribution in [0.4, 0.5) is 5.69 Å². The zero-order valence-electron chi connectivity index (χ0n) is 14.2. The van der Waals surface area contributed by atoms with Gasteiger partial charge in [-0.3, -0.25) is 4.79 Å². The molecule has 0 aliphatic carbocycles. The number of carbonyl (C=O) groups excluding carboxylic acids is 1. The number of nitrogens with zero attached hydrogens (tertiary/aromatic N) is 1. The largest absolute Gasteiger partial charge is 0.380 e. The Morgan fingerprint density at radius 1 is 1.20 bits per heavy atom. The second-order valence-electron chi connectivity index (χ2n) is 5.83. The third-order valence-electron chi connectivity index (χ3n) is 4.28. The molecule has 0 saturated heterocycles. The maximum Gasteiger partial charge on any atom is 0.258 e. The molecule has 0 fully saturated rings. The van der Waals surface area contributed by atoms with Crippen LogP contribution in [-0.2, 0) is 27.8 Å². The summed E-state index contributed by atoms with van der Waals surface area (Å²) in [7, 11) is -0.477. The number of benzene rings is 2. The molecule has 0 aromatic heterocycles. The fraction of sp³-hybridized carbons (Fsp3) is 0.278. The first-order valence-electron chi connectivity index (χ1n) is 7.92. The van der Waals surface area contributed by atoms with Gasteiger partial charge in [0.25, 0.3) is 5.91 Å². The van der Waals surface area contributed by atoms with Gasteiger partial charge in [0.2, 0.25) is 10.0 Å². The number of methoxy groups -OCH3 is 1. The summed E-state index contributed by atoms with van der Waals surface area (Å²) in [6, 6.07) is 12.2. The highest BCUT2D eigenvalue weighted by atomic mass is 32.2. The molecule has 0 radical (unpaired) electrons. The van der Waals surface area contributed by atoms with Crippen molar-refractivity contribution < 1.29 is 17.9 Å². The number of carbonyl (C=O) groups is 1. The number of hydrogen-bond acceptors (Lipinski definition) is 4. The summed E-state index contributed by atoms with van der Waals surface area (Å²) >= 11 is 0. The predicted octanol–water partition coefficient (Wildman–Crippen LogP) is 1.94. The van der Waals surface area contributed by atoms with Crippen molar-refractivity contribution in [3.8, 4) is 0 Å². The van der Waals surface area contributed by atoms with Gasteiger partial charge in [0.05, 0.1) is 11.5 Å². The third-order valence-corrected chi connectivity index (χ3v) is 5.69. The van der Waals surface area contributed by atoms with E-state index in [1.807, 2.05) is 12.1 Å². The summed E-state index contributed by atoms with van der Waals surface area (Å²) in [5, 5.41) is 0. The maximum absolute atomic E-state index is 12.8. The van der Waals surface area contributed by atoms with Crippen molar-refractivity contribution >= 4 is 21.6 Å². The van der Waals surface area contributed by atoms with Crippen molar-refractivity contribution in [2.24, 2.45) is 0 Å². The first-order valence-corrected chi connectivity index (χ1v) is 9.41. The molecule has 0 bridgehead atoms. The van der Waals surface area contributed by atoms with Crippen LogP contribution in [-0.4, -0.2) is 35.0 Å². The van der Waals surface area contributed by atoms with E-state index in [2.05, 4.69) is 4.72 Å². The van der Waals surface area contributed by atoms with Gasteiger partial charge >= 0.3 is 0 Å². The molecule has 7 heteroatoms. The molecule has 2 aromatic carbocycles. The SMILES string of the molecule is CNS(=O)(=O)c1ccc2c(c1)CCN2C(=O)c1ccc(COC)cc1.